The highest BCUT2D eigenvalue weighted by Gasteiger charge is 2.25. The van der Waals surface area contributed by atoms with E-state index in [9.17, 15) is 4.39 Å². The number of nitrogens with zero attached hydrogens (tertiary/aromatic N) is 2. The molecule has 0 N–H and O–H groups in total. The maximum atomic E-state index is 13.8. The first-order chi connectivity index (χ1) is 10.1. The van der Waals surface area contributed by atoms with Crippen molar-refractivity contribution in [2.24, 2.45) is 5.92 Å². The molecule has 0 spiro atoms. The van der Waals surface area contributed by atoms with Crippen molar-refractivity contribution in [3.8, 4) is 0 Å². The number of alkyl halides is 1. The number of halogens is 2. The molecule has 0 unspecified atom stereocenters. The van der Waals surface area contributed by atoms with Crippen molar-refractivity contribution >= 4 is 22.6 Å². The maximum absolute atomic E-state index is 13.8. The summed E-state index contributed by atoms with van der Waals surface area (Å²) in [6.45, 7) is 4.08. The monoisotopic (exact) mass is 308 g/mol. The molecule has 3 rings (SSSR count). The number of imidazole rings is 1. The van der Waals surface area contributed by atoms with Crippen LogP contribution in [0, 0.1) is 18.7 Å². The molecule has 1 aliphatic carbocycles. The van der Waals surface area contributed by atoms with Crippen molar-refractivity contribution in [2.75, 3.05) is 0 Å². The van der Waals surface area contributed by atoms with E-state index in [1.54, 1.807) is 6.92 Å². The summed E-state index contributed by atoms with van der Waals surface area (Å²) >= 11 is 6.08. The third-order valence-electron chi connectivity index (χ3n) is 4.92. The van der Waals surface area contributed by atoms with Crippen LogP contribution in [0.1, 0.15) is 56.5 Å². The number of benzene rings is 1. The van der Waals surface area contributed by atoms with Gasteiger partial charge in [0.25, 0.3) is 0 Å². The highest BCUT2D eigenvalue weighted by atomic mass is 35.5. The van der Waals surface area contributed by atoms with Crippen molar-refractivity contribution < 1.29 is 4.39 Å². The zero-order valence-electron chi connectivity index (χ0n) is 12.7. The molecule has 114 valence electrons. The van der Waals surface area contributed by atoms with E-state index in [1.807, 2.05) is 6.07 Å². The van der Waals surface area contributed by atoms with Gasteiger partial charge in [-0.15, -0.1) is 11.6 Å². The van der Waals surface area contributed by atoms with Crippen molar-refractivity contribution in [1.82, 2.24) is 9.55 Å². The lowest BCUT2D eigenvalue weighted by Gasteiger charge is -2.30. The van der Waals surface area contributed by atoms with Gasteiger partial charge in [0.15, 0.2) is 0 Å². The summed E-state index contributed by atoms with van der Waals surface area (Å²) in [6.07, 6.45) is 6.14. The molecule has 1 fully saturated rings. The van der Waals surface area contributed by atoms with Crippen LogP contribution in [0.4, 0.5) is 4.39 Å². The lowest BCUT2D eigenvalue weighted by molar-refractivity contribution is 0.270. The Morgan fingerprint density at radius 2 is 2.00 bits per heavy atom. The number of hydrogen-bond donors (Lipinski definition) is 0. The minimum absolute atomic E-state index is 0.192. The highest BCUT2D eigenvalue weighted by Crippen LogP contribution is 2.37. The van der Waals surface area contributed by atoms with Gasteiger partial charge in [-0.2, -0.15) is 0 Å². The van der Waals surface area contributed by atoms with Crippen LogP contribution >= 0.6 is 11.6 Å². The summed E-state index contributed by atoms with van der Waals surface area (Å²) < 4.78 is 16.0. The molecule has 0 saturated heterocycles. The van der Waals surface area contributed by atoms with Crippen molar-refractivity contribution in [2.45, 2.75) is 57.9 Å². The Kier molecular flexibility index (Phi) is 4.21. The summed E-state index contributed by atoms with van der Waals surface area (Å²) in [5.74, 6) is 1.91. The molecule has 0 atom stereocenters. The number of fused-ring (bicyclic) bond motifs is 1. The van der Waals surface area contributed by atoms with Gasteiger partial charge in [0, 0.05) is 12.1 Å². The molecule has 4 heteroatoms. The molecule has 21 heavy (non-hydrogen) atoms. The van der Waals surface area contributed by atoms with Crippen LogP contribution in [0.25, 0.3) is 11.0 Å². The van der Waals surface area contributed by atoms with Gasteiger partial charge in [0.1, 0.15) is 11.6 Å². The predicted octanol–water partition coefficient (Wildman–Crippen LogP) is 5.36. The standard InChI is InChI=1S/C17H22ClFN2/c1-3-12-4-6-13(7-5-12)21-16-8-11(2)14(19)9-15(16)20-17(21)10-18/h8-9,12-13H,3-7,10H2,1-2H3. The van der Waals surface area contributed by atoms with E-state index in [4.69, 9.17) is 11.6 Å². The number of aryl methyl sites for hydroxylation is 1. The van der Waals surface area contributed by atoms with Gasteiger partial charge >= 0.3 is 0 Å². The largest absolute Gasteiger partial charge is 0.324 e. The fourth-order valence-electron chi connectivity index (χ4n) is 3.58. The van der Waals surface area contributed by atoms with Gasteiger partial charge in [0.05, 0.1) is 16.9 Å². The van der Waals surface area contributed by atoms with E-state index in [0.29, 0.717) is 17.5 Å². The fourth-order valence-corrected chi connectivity index (χ4v) is 3.77. The van der Waals surface area contributed by atoms with Crippen LogP contribution in [0.2, 0.25) is 0 Å². The summed E-state index contributed by atoms with van der Waals surface area (Å²) in [6, 6.07) is 3.91. The second kappa shape index (κ2) is 5.96. The average molecular weight is 309 g/mol. The van der Waals surface area contributed by atoms with Crippen molar-refractivity contribution in [1.29, 1.82) is 0 Å². The summed E-state index contributed by atoms with van der Waals surface area (Å²) in [5.41, 5.74) is 2.43. The van der Waals surface area contributed by atoms with E-state index >= 15 is 0 Å². The first-order valence-corrected chi connectivity index (χ1v) is 8.40. The number of rotatable bonds is 3. The SMILES string of the molecule is CCC1CCC(n2c(CCl)nc3cc(F)c(C)cc32)CC1. The highest BCUT2D eigenvalue weighted by molar-refractivity contribution is 6.16. The third kappa shape index (κ3) is 2.68. The van der Waals surface area contributed by atoms with E-state index < -0.39 is 0 Å². The Morgan fingerprint density at radius 3 is 2.62 bits per heavy atom. The average Bonchev–Trinajstić information content (AvgIpc) is 2.85. The molecule has 2 nitrogen and oxygen atoms in total. The molecule has 0 radical (unpaired) electrons. The normalized spacial score (nSPS) is 22.9. The van der Waals surface area contributed by atoms with Crippen LogP contribution in [0.5, 0.6) is 0 Å². The molecule has 1 aromatic heterocycles. The second-order valence-corrected chi connectivity index (χ2v) is 6.47. The molecular weight excluding hydrogens is 287 g/mol. The zero-order valence-corrected chi connectivity index (χ0v) is 13.5. The Balaban J connectivity index is 2.02. The van der Waals surface area contributed by atoms with Crippen LogP contribution in [0.3, 0.4) is 0 Å². The van der Waals surface area contributed by atoms with E-state index in [2.05, 4.69) is 16.5 Å². The van der Waals surface area contributed by atoms with Crippen molar-refractivity contribution in [3.05, 3.63) is 29.3 Å². The van der Waals surface area contributed by atoms with Crippen molar-refractivity contribution in [3.63, 3.8) is 0 Å². The van der Waals surface area contributed by atoms with Crippen LogP contribution in [-0.2, 0) is 5.88 Å². The molecule has 1 heterocycles. The smallest absolute Gasteiger partial charge is 0.128 e. The maximum Gasteiger partial charge on any atom is 0.128 e. The lowest BCUT2D eigenvalue weighted by Crippen LogP contribution is -2.19. The summed E-state index contributed by atoms with van der Waals surface area (Å²) in [4.78, 5) is 4.54. The van der Waals surface area contributed by atoms with E-state index in [-0.39, 0.29) is 5.82 Å². The third-order valence-corrected chi connectivity index (χ3v) is 5.16. The first kappa shape index (κ1) is 14.8. The minimum Gasteiger partial charge on any atom is -0.324 e. The Hall–Kier alpha value is -1.09. The minimum atomic E-state index is -0.192. The molecule has 0 bridgehead atoms. The zero-order chi connectivity index (χ0) is 15.0. The molecule has 1 aliphatic rings. The summed E-state index contributed by atoms with van der Waals surface area (Å²) in [7, 11) is 0. The molecule has 0 amide bonds. The molecule has 2 aromatic rings. The lowest BCUT2D eigenvalue weighted by atomic mass is 9.84. The van der Waals surface area contributed by atoms with E-state index in [0.717, 1.165) is 22.8 Å². The van der Waals surface area contributed by atoms with Gasteiger partial charge in [-0.05, 0) is 50.2 Å². The topological polar surface area (TPSA) is 17.8 Å². The quantitative estimate of drug-likeness (QED) is 0.698. The number of hydrogen-bond acceptors (Lipinski definition) is 1. The van der Waals surface area contributed by atoms with Gasteiger partial charge in [-0.1, -0.05) is 13.3 Å². The Labute approximate surface area is 130 Å². The molecular formula is C17H22ClFN2. The van der Waals surface area contributed by atoms with Gasteiger partial charge in [0.2, 0.25) is 0 Å². The predicted molar refractivity (Wildman–Crippen MR) is 85.3 cm³/mol. The van der Waals surface area contributed by atoms with Crippen LogP contribution in [-0.4, -0.2) is 9.55 Å². The molecule has 1 aromatic carbocycles. The second-order valence-electron chi connectivity index (χ2n) is 6.20. The molecule has 1 saturated carbocycles. The van der Waals surface area contributed by atoms with Crippen LogP contribution in [0.15, 0.2) is 12.1 Å². The fraction of sp³-hybridized carbons (Fsp3) is 0.588. The van der Waals surface area contributed by atoms with E-state index in [1.165, 1.54) is 38.2 Å². The molecule has 0 aliphatic heterocycles. The summed E-state index contributed by atoms with van der Waals surface area (Å²) in [5, 5.41) is 0. The Morgan fingerprint density at radius 1 is 1.29 bits per heavy atom. The van der Waals surface area contributed by atoms with Gasteiger partial charge in [-0.25, -0.2) is 9.37 Å². The van der Waals surface area contributed by atoms with Crippen LogP contribution < -0.4 is 0 Å². The Bertz CT molecular complexity index is 642. The van der Waals surface area contributed by atoms with Gasteiger partial charge < -0.3 is 4.57 Å². The number of aromatic nitrogens is 2. The first-order valence-electron chi connectivity index (χ1n) is 7.87. The van der Waals surface area contributed by atoms with Gasteiger partial charge in [-0.3, -0.25) is 0 Å².